The van der Waals surface area contributed by atoms with Crippen molar-refractivity contribution in [1.29, 1.82) is 0 Å². The smallest absolute Gasteiger partial charge is 0.0540 e. The Balaban J connectivity index is 1.08. The first-order valence-corrected chi connectivity index (χ1v) is 19.1. The van der Waals surface area contributed by atoms with Crippen LogP contribution in [0.5, 0.6) is 0 Å². The van der Waals surface area contributed by atoms with Crippen molar-refractivity contribution in [3.8, 4) is 0 Å². The fourth-order valence-electron chi connectivity index (χ4n) is 8.14. The molecule has 0 aliphatic heterocycles. The van der Waals surface area contributed by atoms with Gasteiger partial charge in [0, 0.05) is 33.5 Å². The topological polar surface area (TPSA) is 6.48 Å². The van der Waals surface area contributed by atoms with Gasteiger partial charge in [-0.2, -0.15) is 0 Å². The van der Waals surface area contributed by atoms with E-state index in [1.54, 1.807) is 0 Å². The fourth-order valence-corrected chi connectivity index (χ4v) is 8.14. The van der Waals surface area contributed by atoms with Gasteiger partial charge in [0.1, 0.15) is 0 Å². The highest BCUT2D eigenvalue weighted by Gasteiger charge is 2.29. The van der Waals surface area contributed by atoms with Gasteiger partial charge in [0.2, 0.25) is 0 Å². The molecule has 0 bridgehead atoms. The summed E-state index contributed by atoms with van der Waals surface area (Å²) < 4.78 is 0. The number of allylic oxidation sites excluding steroid dienone is 1. The van der Waals surface area contributed by atoms with Crippen molar-refractivity contribution in [2.75, 3.05) is 9.80 Å². The summed E-state index contributed by atoms with van der Waals surface area (Å²) in [4.78, 5) is 4.75. The number of para-hydroxylation sites is 2. The summed E-state index contributed by atoms with van der Waals surface area (Å²) in [6, 6.07) is 70.3. The Hall–Kier alpha value is -6.38. The van der Waals surface area contributed by atoms with E-state index >= 15 is 0 Å². The Morgan fingerprint density at radius 2 is 0.889 bits per heavy atom. The molecule has 2 nitrogen and oxygen atoms in total. The summed E-state index contributed by atoms with van der Waals surface area (Å²) >= 11 is 0. The van der Waals surface area contributed by atoms with Gasteiger partial charge in [0.15, 0.2) is 0 Å². The fraction of sp³-hybridized carbons (Fsp3) is 0.115. The van der Waals surface area contributed by atoms with Crippen molar-refractivity contribution >= 4 is 55.7 Å². The molecule has 0 aliphatic rings. The number of anilines is 6. The van der Waals surface area contributed by atoms with E-state index < -0.39 is 0 Å². The van der Waals surface area contributed by atoms with Crippen LogP contribution in [0, 0.1) is 0 Å². The van der Waals surface area contributed by atoms with Gasteiger partial charge in [0.25, 0.3) is 0 Å². The van der Waals surface area contributed by atoms with E-state index in [1.807, 2.05) is 0 Å². The Morgan fingerprint density at radius 3 is 1.37 bits per heavy atom. The van der Waals surface area contributed by atoms with Crippen LogP contribution in [-0.2, 0) is 11.8 Å². The van der Waals surface area contributed by atoms with Crippen LogP contribution in [0.2, 0.25) is 0 Å². The number of fused-ring (bicyclic) bond motifs is 2. The molecule has 0 saturated carbocycles. The van der Waals surface area contributed by atoms with Crippen LogP contribution in [0.4, 0.5) is 34.1 Å². The Labute approximate surface area is 320 Å². The minimum Gasteiger partial charge on any atom is -0.310 e. The minimum absolute atomic E-state index is 0.0188. The lowest BCUT2D eigenvalue weighted by Gasteiger charge is -2.34. The molecule has 0 spiro atoms. The molecule has 1 atom stereocenters. The summed E-state index contributed by atoms with van der Waals surface area (Å²) in [5.74, 6) is 0. The number of hydrogen-bond acceptors (Lipinski definition) is 2. The van der Waals surface area contributed by atoms with E-state index in [2.05, 4.69) is 224 Å². The SMILES string of the molecule is C=CCC(CC)(CCc1ccc(N(c2ccccc2)c2cccc3ccccc23)cc1)c1ccc(N(c2ccccc2)c2cccc3ccccc23)cc1. The van der Waals surface area contributed by atoms with Gasteiger partial charge in [-0.3, -0.25) is 0 Å². The summed E-state index contributed by atoms with van der Waals surface area (Å²) in [5, 5.41) is 4.94. The zero-order valence-corrected chi connectivity index (χ0v) is 31.0. The highest BCUT2D eigenvalue weighted by atomic mass is 15.1. The maximum atomic E-state index is 4.22. The second-order valence-corrected chi connectivity index (χ2v) is 14.2. The Kier molecular flexibility index (Phi) is 10.1. The third-order valence-electron chi connectivity index (χ3n) is 11.1. The van der Waals surface area contributed by atoms with Crippen LogP contribution >= 0.6 is 0 Å². The average Bonchev–Trinajstić information content (AvgIpc) is 3.24. The molecule has 1 unspecified atom stereocenters. The molecule has 0 heterocycles. The zero-order valence-electron chi connectivity index (χ0n) is 31.0. The Morgan fingerprint density at radius 1 is 0.463 bits per heavy atom. The number of nitrogens with zero attached hydrogens (tertiary/aromatic N) is 2. The third-order valence-corrected chi connectivity index (χ3v) is 11.1. The third kappa shape index (κ3) is 6.91. The molecule has 0 aliphatic carbocycles. The van der Waals surface area contributed by atoms with Gasteiger partial charge in [-0.1, -0.05) is 146 Å². The first kappa shape index (κ1) is 34.7. The van der Waals surface area contributed by atoms with Crippen LogP contribution < -0.4 is 9.80 Å². The molecular formula is C52H46N2. The van der Waals surface area contributed by atoms with Crippen molar-refractivity contribution in [1.82, 2.24) is 0 Å². The monoisotopic (exact) mass is 698 g/mol. The van der Waals surface area contributed by atoms with E-state index in [0.29, 0.717) is 0 Å². The van der Waals surface area contributed by atoms with Gasteiger partial charge < -0.3 is 9.80 Å². The van der Waals surface area contributed by atoms with Gasteiger partial charge in [-0.15, -0.1) is 6.58 Å². The van der Waals surface area contributed by atoms with Gasteiger partial charge in [0.05, 0.1) is 11.4 Å². The molecule has 0 amide bonds. The second kappa shape index (κ2) is 15.7. The molecule has 54 heavy (non-hydrogen) atoms. The molecule has 0 saturated heterocycles. The van der Waals surface area contributed by atoms with Crippen LogP contribution in [0.1, 0.15) is 37.3 Å². The predicted molar refractivity (Wildman–Crippen MR) is 232 cm³/mol. The minimum atomic E-state index is -0.0188. The number of benzene rings is 8. The first-order valence-electron chi connectivity index (χ1n) is 19.1. The summed E-state index contributed by atoms with van der Waals surface area (Å²) in [7, 11) is 0. The highest BCUT2D eigenvalue weighted by molar-refractivity contribution is 6.00. The lowest BCUT2D eigenvalue weighted by molar-refractivity contribution is 0.383. The van der Waals surface area contributed by atoms with Gasteiger partial charge >= 0.3 is 0 Å². The van der Waals surface area contributed by atoms with E-state index in [9.17, 15) is 0 Å². The summed E-state index contributed by atoms with van der Waals surface area (Å²) in [6.45, 7) is 6.55. The first-order chi connectivity index (χ1) is 26.7. The lowest BCUT2D eigenvalue weighted by atomic mass is 9.71. The molecule has 8 aromatic carbocycles. The number of hydrogen-bond donors (Lipinski definition) is 0. The van der Waals surface area contributed by atoms with E-state index in [4.69, 9.17) is 0 Å². The van der Waals surface area contributed by atoms with Crippen LogP contribution in [0.3, 0.4) is 0 Å². The molecule has 0 fully saturated rings. The maximum absolute atomic E-state index is 4.22. The van der Waals surface area contributed by atoms with Crippen molar-refractivity contribution in [3.63, 3.8) is 0 Å². The lowest BCUT2D eigenvalue weighted by Crippen LogP contribution is -2.26. The standard InChI is InChI=1S/C52H46N2/c1-3-38-52(4-2,43-31-35-47(36-32-43)54(45-23-9-6-10-24-45)51-28-16-20-42-18-12-14-26-49(42)51)39-37-40-29-33-46(34-30-40)53(44-21-7-5-8-22-44)50-27-15-19-41-17-11-13-25-48(41)50/h3,5-36H,1,4,37-39H2,2H3. The van der Waals surface area contributed by atoms with Crippen LogP contribution in [0.25, 0.3) is 21.5 Å². The number of rotatable bonds is 13. The molecule has 8 aromatic rings. The van der Waals surface area contributed by atoms with E-state index in [0.717, 1.165) is 48.4 Å². The maximum Gasteiger partial charge on any atom is 0.0540 e. The molecule has 0 aromatic heterocycles. The van der Waals surface area contributed by atoms with Crippen molar-refractivity contribution in [3.05, 3.63) is 218 Å². The molecule has 0 radical (unpaired) electrons. The quantitative estimate of drug-likeness (QED) is 0.111. The van der Waals surface area contributed by atoms with Crippen molar-refractivity contribution < 1.29 is 0 Å². The molecule has 0 N–H and O–H groups in total. The van der Waals surface area contributed by atoms with Crippen LogP contribution in [0.15, 0.2) is 207 Å². The zero-order chi connectivity index (χ0) is 36.7. The molecule has 8 rings (SSSR count). The summed E-state index contributed by atoms with van der Waals surface area (Å²) in [5.41, 5.74) is 9.63. The van der Waals surface area contributed by atoms with Crippen molar-refractivity contribution in [2.24, 2.45) is 0 Å². The largest absolute Gasteiger partial charge is 0.310 e. The van der Waals surface area contributed by atoms with Gasteiger partial charge in [-0.05, 0) is 114 Å². The summed E-state index contributed by atoms with van der Waals surface area (Å²) in [6.07, 6.45) is 6.08. The van der Waals surface area contributed by atoms with E-state index in [1.165, 1.54) is 44.0 Å². The Bertz CT molecular complexity index is 2460. The molecule has 2 heteroatoms. The van der Waals surface area contributed by atoms with E-state index in [-0.39, 0.29) is 5.41 Å². The normalized spacial score (nSPS) is 12.3. The van der Waals surface area contributed by atoms with Gasteiger partial charge in [-0.25, -0.2) is 0 Å². The highest BCUT2D eigenvalue weighted by Crippen LogP contribution is 2.43. The second-order valence-electron chi connectivity index (χ2n) is 14.2. The number of aryl methyl sites for hydroxylation is 1. The van der Waals surface area contributed by atoms with Crippen molar-refractivity contribution in [2.45, 2.75) is 38.0 Å². The van der Waals surface area contributed by atoms with Crippen LogP contribution in [-0.4, -0.2) is 0 Å². The average molecular weight is 699 g/mol. The molecular weight excluding hydrogens is 653 g/mol. The predicted octanol–water partition coefficient (Wildman–Crippen LogP) is 14.8. The molecule has 264 valence electrons.